The van der Waals surface area contributed by atoms with Gasteiger partial charge in [0.2, 0.25) is 5.91 Å². The molecule has 3 N–H and O–H groups in total. The third-order valence-electron chi connectivity index (χ3n) is 6.12. The van der Waals surface area contributed by atoms with Crippen LogP contribution in [0.1, 0.15) is 142 Å². The Morgan fingerprint density at radius 2 is 1.07 bits per heavy atom. The summed E-state index contributed by atoms with van der Waals surface area (Å²) in [5, 5.41) is 22.6. The number of amides is 1. The van der Waals surface area contributed by atoms with Gasteiger partial charge in [-0.25, -0.2) is 0 Å². The van der Waals surface area contributed by atoms with Crippen molar-refractivity contribution >= 4 is 5.91 Å². The lowest BCUT2D eigenvalue weighted by atomic mass is 10.0. The predicted molar refractivity (Wildman–Crippen MR) is 129 cm³/mol. The number of aliphatic hydroxyl groups is 2. The van der Waals surface area contributed by atoms with Crippen LogP contribution >= 0.6 is 0 Å². The Morgan fingerprint density at radius 1 is 0.667 bits per heavy atom. The topological polar surface area (TPSA) is 69.6 Å². The van der Waals surface area contributed by atoms with Crippen LogP contribution in [0.3, 0.4) is 0 Å². The molecule has 4 nitrogen and oxygen atoms in total. The van der Waals surface area contributed by atoms with Crippen molar-refractivity contribution in [3.63, 3.8) is 0 Å². The van der Waals surface area contributed by atoms with Crippen LogP contribution in [0.15, 0.2) is 0 Å². The van der Waals surface area contributed by atoms with Gasteiger partial charge in [-0.15, -0.1) is 0 Å². The van der Waals surface area contributed by atoms with Gasteiger partial charge in [-0.2, -0.15) is 0 Å². The van der Waals surface area contributed by atoms with Gasteiger partial charge in [-0.1, -0.05) is 123 Å². The molecule has 0 spiro atoms. The first-order chi connectivity index (χ1) is 14.7. The van der Waals surface area contributed by atoms with E-state index in [0.717, 1.165) is 25.7 Å². The maximum Gasteiger partial charge on any atom is 0.220 e. The van der Waals surface area contributed by atoms with Crippen LogP contribution < -0.4 is 5.32 Å². The fraction of sp³-hybridized carbons (Fsp3) is 0.962. The second kappa shape index (κ2) is 23.1. The van der Waals surface area contributed by atoms with Gasteiger partial charge >= 0.3 is 0 Å². The molecule has 0 aliphatic heterocycles. The summed E-state index contributed by atoms with van der Waals surface area (Å²) in [6.07, 6.45) is 22.8. The second-order valence-corrected chi connectivity index (χ2v) is 9.12. The number of hydrogen-bond donors (Lipinski definition) is 3. The van der Waals surface area contributed by atoms with Crippen molar-refractivity contribution in [3.05, 3.63) is 0 Å². The molecule has 0 aliphatic rings. The molecule has 2 unspecified atom stereocenters. The summed E-state index contributed by atoms with van der Waals surface area (Å²) in [6, 6.07) is -0.523. The fourth-order valence-electron chi connectivity index (χ4n) is 4.00. The largest absolute Gasteiger partial charge is 0.394 e. The number of carbonyl (C=O) groups is 1. The van der Waals surface area contributed by atoms with Crippen molar-refractivity contribution in [2.24, 2.45) is 0 Å². The van der Waals surface area contributed by atoms with E-state index in [1.54, 1.807) is 0 Å². The minimum atomic E-state index is -0.646. The van der Waals surface area contributed by atoms with Gasteiger partial charge in [0.25, 0.3) is 0 Å². The third-order valence-corrected chi connectivity index (χ3v) is 6.12. The van der Waals surface area contributed by atoms with E-state index in [-0.39, 0.29) is 12.5 Å². The summed E-state index contributed by atoms with van der Waals surface area (Å²) in [5.41, 5.74) is 0. The summed E-state index contributed by atoms with van der Waals surface area (Å²) in [7, 11) is 0. The maximum atomic E-state index is 12.1. The van der Waals surface area contributed by atoms with E-state index >= 15 is 0 Å². The molecule has 0 heterocycles. The van der Waals surface area contributed by atoms with Gasteiger partial charge in [0, 0.05) is 6.42 Å². The number of carbonyl (C=O) groups excluding carboxylic acids is 1. The number of hydrogen-bond acceptors (Lipinski definition) is 3. The van der Waals surface area contributed by atoms with E-state index in [4.69, 9.17) is 0 Å². The monoisotopic (exact) mass is 427 g/mol. The summed E-state index contributed by atoms with van der Waals surface area (Å²) in [4.78, 5) is 12.1. The average molecular weight is 428 g/mol. The van der Waals surface area contributed by atoms with Gasteiger partial charge in [0.1, 0.15) is 0 Å². The SMILES string of the molecule is CCCCCCCCCCCCCC(=O)NC(CO)C(O)CCCCCCCCC. The summed E-state index contributed by atoms with van der Waals surface area (Å²) in [5.74, 6) is -0.0383. The summed E-state index contributed by atoms with van der Waals surface area (Å²) < 4.78 is 0. The Morgan fingerprint density at radius 3 is 1.50 bits per heavy atom. The van der Waals surface area contributed by atoms with Crippen molar-refractivity contribution in [1.29, 1.82) is 0 Å². The highest BCUT2D eigenvalue weighted by Gasteiger charge is 2.19. The van der Waals surface area contributed by atoms with E-state index in [1.807, 2.05) is 0 Å². The van der Waals surface area contributed by atoms with Crippen LogP contribution in [0, 0.1) is 0 Å². The maximum absolute atomic E-state index is 12.1. The molecule has 0 aliphatic carbocycles. The molecule has 0 aromatic rings. The molecular weight excluding hydrogens is 374 g/mol. The molecule has 0 aromatic heterocycles. The van der Waals surface area contributed by atoms with Crippen LogP contribution in [0.25, 0.3) is 0 Å². The van der Waals surface area contributed by atoms with E-state index in [2.05, 4.69) is 19.2 Å². The zero-order chi connectivity index (χ0) is 22.3. The lowest BCUT2D eigenvalue weighted by molar-refractivity contribution is -0.123. The molecular formula is C26H53NO3. The molecule has 0 saturated heterocycles. The first kappa shape index (κ1) is 29.4. The minimum absolute atomic E-state index is 0.0383. The minimum Gasteiger partial charge on any atom is -0.394 e. The standard InChI is InChI=1S/C26H53NO3/c1-3-5-7-9-11-12-13-14-16-18-20-22-26(30)27-24(23-28)25(29)21-19-17-15-10-8-6-4-2/h24-25,28-29H,3-23H2,1-2H3,(H,27,30). The smallest absolute Gasteiger partial charge is 0.220 e. The zero-order valence-electron chi connectivity index (χ0n) is 20.3. The van der Waals surface area contributed by atoms with E-state index in [0.29, 0.717) is 12.8 Å². The molecule has 0 aromatic carbocycles. The van der Waals surface area contributed by atoms with Crippen LogP contribution in [0.2, 0.25) is 0 Å². The Hall–Kier alpha value is -0.610. The summed E-state index contributed by atoms with van der Waals surface area (Å²) >= 11 is 0. The highest BCUT2D eigenvalue weighted by Crippen LogP contribution is 2.13. The highest BCUT2D eigenvalue weighted by atomic mass is 16.3. The fourth-order valence-corrected chi connectivity index (χ4v) is 4.00. The first-order valence-corrected chi connectivity index (χ1v) is 13.2. The molecule has 0 saturated carbocycles. The van der Waals surface area contributed by atoms with Crippen molar-refractivity contribution in [2.45, 2.75) is 154 Å². The second-order valence-electron chi connectivity index (χ2n) is 9.12. The quantitative estimate of drug-likeness (QED) is 0.160. The van der Waals surface area contributed by atoms with Crippen LogP contribution in [-0.2, 0) is 4.79 Å². The van der Waals surface area contributed by atoms with Crippen molar-refractivity contribution < 1.29 is 15.0 Å². The van der Waals surface area contributed by atoms with Gasteiger partial charge in [0.05, 0.1) is 18.8 Å². The van der Waals surface area contributed by atoms with Gasteiger partial charge in [-0.3, -0.25) is 4.79 Å². The summed E-state index contributed by atoms with van der Waals surface area (Å²) in [6.45, 7) is 4.28. The van der Waals surface area contributed by atoms with E-state index in [9.17, 15) is 15.0 Å². The van der Waals surface area contributed by atoms with E-state index < -0.39 is 12.1 Å². The van der Waals surface area contributed by atoms with Crippen molar-refractivity contribution in [1.82, 2.24) is 5.32 Å². The van der Waals surface area contributed by atoms with Gasteiger partial charge in [0.15, 0.2) is 0 Å². The molecule has 0 radical (unpaired) electrons. The molecule has 1 amide bonds. The lowest BCUT2D eigenvalue weighted by Gasteiger charge is -2.22. The molecule has 180 valence electrons. The van der Waals surface area contributed by atoms with Crippen molar-refractivity contribution in [3.8, 4) is 0 Å². The van der Waals surface area contributed by atoms with Crippen LogP contribution in [-0.4, -0.2) is 34.9 Å². The van der Waals surface area contributed by atoms with Crippen LogP contribution in [0.5, 0.6) is 0 Å². The predicted octanol–water partition coefficient (Wildman–Crippen LogP) is 6.67. The Balaban J connectivity index is 3.62. The van der Waals surface area contributed by atoms with Crippen LogP contribution in [0.4, 0.5) is 0 Å². The molecule has 2 atom stereocenters. The molecule has 0 rings (SSSR count). The Kier molecular flexibility index (Phi) is 22.6. The zero-order valence-corrected chi connectivity index (χ0v) is 20.3. The Bertz CT molecular complexity index is 362. The Labute approximate surface area is 187 Å². The van der Waals surface area contributed by atoms with E-state index in [1.165, 1.54) is 89.9 Å². The normalized spacial score (nSPS) is 13.3. The van der Waals surface area contributed by atoms with Gasteiger partial charge < -0.3 is 15.5 Å². The molecule has 0 bridgehead atoms. The number of aliphatic hydroxyl groups excluding tert-OH is 2. The molecule has 4 heteroatoms. The number of unbranched alkanes of at least 4 members (excludes halogenated alkanes) is 16. The first-order valence-electron chi connectivity index (χ1n) is 13.2. The average Bonchev–Trinajstić information content (AvgIpc) is 2.75. The third kappa shape index (κ3) is 19.4. The molecule has 0 fully saturated rings. The number of nitrogens with one attached hydrogen (secondary N) is 1. The van der Waals surface area contributed by atoms with Crippen molar-refractivity contribution in [2.75, 3.05) is 6.61 Å². The highest BCUT2D eigenvalue weighted by molar-refractivity contribution is 5.76. The van der Waals surface area contributed by atoms with Gasteiger partial charge in [-0.05, 0) is 12.8 Å². The lowest BCUT2D eigenvalue weighted by Crippen LogP contribution is -2.45. The number of rotatable bonds is 23. The molecule has 30 heavy (non-hydrogen) atoms.